The number of ketones is 1. The van der Waals surface area contributed by atoms with E-state index in [0.717, 1.165) is 5.56 Å². The van der Waals surface area contributed by atoms with E-state index in [1.807, 2.05) is 0 Å². The third-order valence-corrected chi connectivity index (χ3v) is 3.04. The second-order valence-corrected chi connectivity index (χ2v) is 4.18. The van der Waals surface area contributed by atoms with Gasteiger partial charge in [0.15, 0.2) is 5.78 Å². The van der Waals surface area contributed by atoms with E-state index in [1.54, 1.807) is 37.5 Å². The molecule has 0 bridgehead atoms. The van der Waals surface area contributed by atoms with Gasteiger partial charge >= 0.3 is 0 Å². The van der Waals surface area contributed by atoms with Crippen LogP contribution in [-0.4, -0.2) is 17.9 Å². The number of pyridine rings is 1. The fourth-order valence-corrected chi connectivity index (χ4v) is 1.93. The van der Waals surface area contributed by atoms with Crippen LogP contribution in [0.1, 0.15) is 28.8 Å². The number of hydrogen-bond acceptors (Lipinski definition) is 3. The van der Waals surface area contributed by atoms with Crippen molar-refractivity contribution in [1.82, 2.24) is 4.98 Å². The Morgan fingerprint density at radius 2 is 1.95 bits per heavy atom. The van der Waals surface area contributed by atoms with E-state index in [-0.39, 0.29) is 17.1 Å². The van der Waals surface area contributed by atoms with Crippen LogP contribution in [0.5, 0.6) is 5.75 Å². The SMILES string of the molecule is COc1cccc(F)c1C(=O)C(C)c1ccncc1. The van der Waals surface area contributed by atoms with Crippen molar-refractivity contribution in [1.29, 1.82) is 0 Å². The number of Topliss-reactive ketones (excluding diaryl/α,β-unsaturated/α-hetero) is 1. The van der Waals surface area contributed by atoms with Crippen molar-refractivity contribution < 1.29 is 13.9 Å². The molecule has 0 N–H and O–H groups in total. The lowest BCUT2D eigenvalue weighted by Crippen LogP contribution is -2.13. The smallest absolute Gasteiger partial charge is 0.176 e. The van der Waals surface area contributed by atoms with Gasteiger partial charge in [-0.2, -0.15) is 0 Å². The van der Waals surface area contributed by atoms with E-state index < -0.39 is 11.7 Å². The van der Waals surface area contributed by atoms with Crippen LogP contribution in [0.25, 0.3) is 0 Å². The second-order valence-electron chi connectivity index (χ2n) is 4.18. The van der Waals surface area contributed by atoms with E-state index >= 15 is 0 Å². The zero-order valence-electron chi connectivity index (χ0n) is 10.8. The normalized spacial score (nSPS) is 11.9. The number of nitrogens with zero attached hydrogens (tertiary/aromatic N) is 1. The lowest BCUT2D eigenvalue weighted by atomic mass is 9.92. The first-order valence-corrected chi connectivity index (χ1v) is 5.91. The average molecular weight is 259 g/mol. The van der Waals surface area contributed by atoms with Gasteiger partial charge in [-0.25, -0.2) is 4.39 Å². The summed E-state index contributed by atoms with van der Waals surface area (Å²) in [6.45, 7) is 1.74. The molecule has 1 unspecified atom stereocenters. The van der Waals surface area contributed by atoms with Gasteiger partial charge in [-0.05, 0) is 29.8 Å². The molecule has 0 radical (unpaired) electrons. The molecule has 1 aromatic heterocycles. The van der Waals surface area contributed by atoms with Crippen LogP contribution in [0.4, 0.5) is 4.39 Å². The summed E-state index contributed by atoms with van der Waals surface area (Å²) < 4.78 is 18.9. The predicted molar refractivity (Wildman–Crippen MR) is 69.9 cm³/mol. The summed E-state index contributed by atoms with van der Waals surface area (Å²) in [5, 5.41) is 0. The fraction of sp³-hybridized carbons (Fsp3) is 0.200. The second kappa shape index (κ2) is 5.61. The highest BCUT2D eigenvalue weighted by molar-refractivity contribution is 6.03. The summed E-state index contributed by atoms with van der Waals surface area (Å²) in [6, 6.07) is 7.85. The van der Waals surface area contributed by atoms with Crippen LogP contribution in [-0.2, 0) is 0 Å². The Balaban J connectivity index is 2.40. The molecule has 19 heavy (non-hydrogen) atoms. The van der Waals surface area contributed by atoms with E-state index in [4.69, 9.17) is 4.74 Å². The zero-order valence-corrected chi connectivity index (χ0v) is 10.8. The first-order valence-electron chi connectivity index (χ1n) is 5.91. The van der Waals surface area contributed by atoms with Crippen LogP contribution < -0.4 is 4.74 Å². The monoisotopic (exact) mass is 259 g/mol. The number of carbonyl (C=O) groups excluding carboxylic acids is 1. The van der Waals surface area contributed by atoms with Gasteiger partial charge in [0.05, 0.1) is 12.7 Å². The summed E-state index contributed by atoms with van der Waals surface area (Å²) in [6.07, 6.45) is 3.22. The van der Waals surface area contributed by atoms with Gasteiger partial charge in [0.25, 0.3) is 0 Å². The molecule has 4 heteroatoms. The molecule has 98 valence electrons. The molecule has 2 rings (SSSR count). The Kier molecular flexibility index (Phi) is 3.90. The Hall–Kier alpha value is -2.23. The van der Waals surface area contributed by atoms with E-state index in [1.165, 1.54) is 19.2 Å². The molecule has 0 aliphatic carbocycles. The Bertz CT molecular complexity index is 584. The summed E-state index contributed by atoms with van der Waals surface area (Å²) in [5.41, 5.74) is 0.791. The lowest BCUT2D eigenvalue weighted by Gasteiger charge is -2.14. The Labute approximate surface area is 111 Å². The molecular weight excluding hydrogens is 245 g/mol. The predicted octanol–water partition coefficient (Wildman–Crippen LogP) is 3.22. The maximum absolute atomic E-state index is 13.9. The van der Waals surface area contributed by atoms with Gasteiger partial charge in [0, 0.05) is 18.3 Å². The lowest BCUT2D eigenvalue weighted by molar-refractivity contribution is 0.0959. The first-order chi connectivity index (χ1) is 9.15. The number of hydrogen-bond donors (Lipinski definition) is 0. The van der Waals surface area contributed by atoms with Crippen LogP contribution in [0.3, 0.4) is 0 Å². The van der Waals surface area contributed by atoms with Crippen LogP contribution in [0.15, 0.2) is 42.7 Å². The van der Waals surface area contributed by atoms with Gasteiger partial charge in [-0.1, -0.05) is 13.0 Å². The minimum atomic E-state index is -0.565. The molecule has 1 heterocycles. The van der Waals surface area contributed by atoms with E-state index in [9.17, 15) is 9.18 Å². The van der Waals surface area contributed by atoms with Crippen molar-refractivity contribution >= 4 is 5.78 Å². The minimum Gasteiger partial charge on any atom is -0.496 e. The standard InChI is InChI=1S/C15H14FNO2/c1-10(11-6-8-17-9-7-11)15(18)14-12(16)4-3-5-13(14)19-2/h3-10H,1-2H3. The summed E-state index contributed by atoms with van der Waals surface area (Å²) in [5.74, 6) is -1.06. The third kappa shape index (κ3) is 2.62. The van der Waals surface area contributed by atoms with Crippen LogP contribution in [0, 0.1) is 5.82 Å². The Morgan fingerprint density at radius 3 is 2.58 bits per heavy atom. The van der Waals surface area contributed by atoms with Crippen molar-refractivity contribution in [2.75, 3.05) is 7.11 Å². The first kappa shape index (κ1) is 13.2. The number of aromatic nitrogens is 1. The van der Waals surface area contributed by atoms with Crippen LogP contribution in [0.2, 0.25) is 0 Å². The maximum Gasteiger partial charge on any atom is 0.176 e. The zero-order chi connectivity index (χ0) is 13.8. The molecule has 0 saturated heterocycles. The summed E-state index contributed by atoms with van der Waals surface area (Å²) in [7, 11) is 1.42. The molecule has 1 atom stereocenters. The molecule has 3 nitrogen and oxygen atoms in total. The van der Waals surface area contributed by atoms with Crippen molar-refractivity contribution in [3.8, 4) is 5.75 Å². The highest BCUT2D eigenvalue weighted by Crippen LogP contribution is 2.28. The summed E-state index contributed by atoms with van der Waals surface area (Å²) in [4.78, 5) is 16.3. The van der Waals surface area contributed by atoms with Crippen molar-refractivity contribution in [3.05, 3.63) is 59.7 Å². The molecule has 0 spiro atoms. The fourth-order valence-electron chi connectivity index (χ4n) is 1.93. The third-order valence-electron chi connectivity index (χ3n) is 3.04. The largest absolute Gasteiger partial charge is 0.496 e. The maximum atomic E-state index is 13.9. The van der Waals surface area contributed by atoms with Crippen molar-refractivity contribution in [3.63, 3.8) is 0 Å². The highest BCUT2D eigenvalue weighted by Gasteiger charge is 2.23. The minimum absolute atomic E-state index is 0.00527. The molecule has 0 aliphatic rings. The number of carbonyl (C=O) groups is 1. The Morgan fingerprint density at radius 1 is 1.26 bits per heavy atom. The van der Waals surface area contributed by atoms with E-state index in [0.29, 0.717) is 0 Å². The molecular formula is C15H14FNO2. The number of halogens is 1. The number of benzene rings is 1. The van der Waals surface area contributed by atoms with Gasteiger partial charge in [0.1, 0.15) is 11.6 Å². The number of methoxy groups -OCH3 is 1. The number of ether oxygens (including phenoxy) is 1. The van der Waals surface area contributed by atoms with Gasteiger partial charge in [-0.3, -0.25) is 9.78 Å². The molecule has 0 fully saturated rings. The quantitative estimate of drug-likeness (QED) is 0.791. The van der Waals surface area contributed by atoms with E-state index in [2.05, 4.69) is 4.98 Å². The van der Waals surface area contributed by atoms with Gasteiger partial charge in [0.2, 0.25) is 0 Å². The molecule has 0 aliphatic heterocycles. The molecule has 2 aromatic rings. The highest BCUT2D eigenvalue weighted by atomic mass is 19.1. The molecule has 0 saturated carbocycles. The topological polar surface area (TPSA) is 39.2 Å². The van der Waals surface area contributed by atoms with Crippen molar-refractivity contribution in [2.45, 2.75) is 12.8 Å². The molecule has 1 aromatic carbocycles. The number of rotatable bonds is 4. The summed E-state index contributed by atoms with van der Waals surface area (Å²) >= 11 is 0. The van der Waals surface area contributed by atoms with Gasteiger partial charge < -0.3 is 4.74 Å². The van der Waals surface area contributed by atoms with Gasteiger partial charge in [-0.15, -0.1) is 0 Å². The van der Waals surface area contributed by atoms with Crippen molar-refractivity contribution in [2.24, 2.45) is 0 Å². The van der Waals surface area contributed by atoms with Crippen LogP contribution >= 0.6 is 0 Å². The molecule has 0 amide bonds. The average Bonchev–Trinajstić information content (AvgIpc) is 2.46.